The summed E-state index contributed by atoms with van der Waals surface area (Å²) in [6, 6.07) is 3.65. The zero-order valence-electron chi connectivity index (χ0n) is 7.36. The number of rotatable bonds is 1. The number of pyridine rings is 1. The third-order valence-electron chi connectivity index (χ3n) is 1.61. The van der Waals surface area contributed by atoms with Gasteiger partial charge in [-0.1, -0.05) is 11.6 Å². The maximum Gasteiger partial charge on any atom is 0.200 e. The van der Waals surface area contributed by atoms with Gasteiger partial charge in [-0.25, -0.2) is 4.98 Å². The normalized spacial score (nSPS) is 10.4. The molecule has 0 aliphatic carbocycles. The summed E-state index contributed by atoms with van der Waals surface area (Å²) < 4.78 is 4.05. The van der Waals surface area contributed by atoms with Crippen molar-refractivity contribution in [3.63, 3.8) is 0 Å². The molecule has 6 heteroatoms. The minimum Gasteiger partial charge on any atom is -0.374 e. The predicted octanol–water partition coefficient (Wildman–Crippen LogP) is 2.14. The van der Waals surface area contributed by atoms with Crippen LogP contribution in [0.5, 0.6) is 0 Å². The first kappa shape index (κ1) is 9.36. The summed E-state index contributed by atoms with van der Waals surface area (Å²) in [7, 11) is 0. The Hall–Kier alpha value is -1.20. The van der Waals surface area contributed by atoms with Crippen LogP contribution in [0.2, 0.25) is 5.15 Å². The zero-order valence-corrected chi connectivity index (χ0v) is 8.93. The van der Waals surface area contributed by atoms with Gasteiger partial charge >= 0.3 is 0 Å². The van der Waals surface area contributed by atoms with Crippen LogP contribution in [0.3, 0.4) is 0 Å². The smallest absolute Gasteiger partial charge is 0.200 e. The largest absolute Gasteiger partial charge is 0.374 e. The monoisotopic (exact) mass is 226 g/mol. The summed E-state index contributed by atoms with van der Waals surface area (Å²) >= 11 is 6.96. The van der Waals surface area contributed by atoms with Crippen LogP contribution in [-0.2, 0) is 0 Å². The van der Waals surface area contributed by atoms with Crippen LogP contribution in [0.1, 0.15) is 5.56 Å². The molecule has 2 aromatic rings. The maximum absolute atomic E-state index is 5.81. The van der Waals surface area contributed by atoms with Crippen molar-refractivity contribution < 1.29 is 0 Å². The molecule has 0 unspecified atom stereocenters. The van der Waals surface area contributed by atoms with E-state index in [1.54, 1.807) is 6.07 Å². The van der Waals surface area contributed by atoms with E-state index < -0.39 is 0 Å². The van der Waals surface area contributed by atoms with Crippen molar-refractivity contribution in [1.82, 2.24) is 14.3 Å². The Kier molecular flexibility index (Phi) is 2.35. The summed E-state index contributed by atoms with van der Waals surface area (Å²) in [5.41, 5.74) is 7.15. The standard InChI is InChI=1S/C8H7ClN4S/c1-4-2-5(11-6(9)3-4)7-12-8(10)14-13-7/h2-3H,1H3,(H2,10,12,13). The number of anilines is 1. The Bertz CT molecular complexity index is 448. The molecular weight excluding hydrogens is 220 g/mol. The number of nitrogens with zero attached hydrogens (tertiary/aromatic N) is 3. The van der Waals surface area contributed by atoms with Gasteiger partial charge in [0.15, 0.2) is 11.0 Å². The molecule has 0 atom stereocenters. The van der Waals surface area contributed by atoms with Crippen LogP contribution in [0.15, 0.2) is 12.1 Å². The van der Waals surface area contributed by atoms with Gasteiger partial charge in [0.2, 0.25) is 0 Å². The van der Waals surface area contributed by atoms with Gasteiger partial charge in [-0.05, 0) is 24.6 Å². The van der Waals surface area contributed by atoms with Crippen LogP contribution in [-0.4, -0.2) is 14.3 Å². The van der Waals surface area contributed by atoms with Gasteiger partial charge in [-0.15, -0.1) is 0 Å². The van der Waals surface area contributed by atoms with E-state index in [-0.39, 0.29) is 0 Å². The second kappa shape index (κ2) is 3.51. The van der Waals surface area contributed by atoms with E-state index >= 15 is 0 Å². The lowest BCUT2D eigenvalue weighted by atomic mass is 10.2. The van der Waals surface area contributed by atoms with Crippen LogP contribution in [0.25, 0.3) is 11.5 Å². The van der Waals surface area contributed by atoms with Crippen LogP contribution < -0.4 is 5.73 Å². The molecule has 0 saturated carbocycles. The molecule has 0 aliphatic heterocycles. The second-order valence-electron chi connectivity index (χ2n) is 2.81. The highest BCUT2D eigenvalue weighted by atomic mass is 35.5. The first-order valence-electron chi connectivity index (χ1n) is 3.89. The molecule has 0 radical (unpaired) electrons. The lowest BCUT2D eigenvalue weighted by molar-refractivity contribution is 1.22. The van der Waals surface area contributed by atoms with Crippen molar-refractivity contribution in [1.29, 1.82) is 0 Å². The molecule has 2 heterocycles. The van der Waals surface area contributed by atoms with E-state index in [0.717, 1.165) is 17.1 Å². The lowest BCUT2D eigenvalue weighted by Gasteiger charge is -1.97. The van der Waals surface area contributed by atoms with Crippen molar-refractivity contribution in [3.05, 3.63) is 22.8 Å². The molecule has 0 bridgehead atoms. The minimum absolute atomic E-state index is 0.430. The molecular formula is C8H7ClN4S. The van der Waals surface area contributed by atoms with Crippen molar-refractivity contribution in [2.24, 2.45) is 0 Å². The van der Waals surface area contributed by atoms with E-state index in [9.17, 15) is 0 Å². The quantitative estimate of drug-likeness (QED) is 0.757. The van der Waals surface area contributed by atoms with Crippen molar-refractivity contribution >= 4 is 28.3 Å². The van der Waals surface area contributed by atoms with Crippen molar-refractivity contribution in [3.8, 4) is 11.5 Å². The number of nitrogen functional groups attached to an aromatic ring is 1. The lowest BCUT2D eigenvalue weighted by Crippen LogP contribution is -1.89. The topological polar surface area (TPSA) is 64.7 Å². The molecule has 2 aromatic heterocycles. The summed E-state index contributed by atoms with van der Waals surface area (Å²) in [6.07, 6.45) is 0. The van der Waals surface area contributed by atoms with E-state index in [1.165, 1.54) is 0 Å². The number of aromatic nitrogens is 3. The molecule has 14 heavy (non-hydrogen) atoms. The molecule has 0 spiro atoms. The molecule has 2 N–H and O–H groups in total. The van der Waals surface area contributed by atoms with Gasteiger partial charge in [-0.3, -0.25) is 0 Å². The summed E-state index contributed by atoms with van der Waals surface area (Å²) in [5.74, 6) is 0.526. The Morgan fingerprint density at radius 2 is 2.14 bits per heavy atom. The zero-order chi connectivity index (χ0) is 10.1. The molecule has 0 aromatic carbocycles. The molecule has 72 valence electrons. The van der Waals surface area contributed by atoms with E-state index in [4.69, 9.17) is 17.3 Å². The summed E-state index contributed by atoms with van der Waals surface area (Å²) in [5, 5.41) is 0.868. The van der Waals surface area contributed by atoms with Gasteiger partial charge in [0, 0.05) is 11.5 Å². The summed E-state index contributed by atoms with van der Waals surface area (Å²) in [6.45, 7) is 1.94. The van der Waals surface area contributed by atoms with Gasteiger partial charge in [0.25, 0.3) is 0 Å². The van der Waals surface area contributed by atoms with Crippen LogP contribution in [0, 0.1) is 6.92 Å². The SMILES string of the molecule is Cc1cc(Cl)nc(-c2nsc(N)n2)c1. The average Bonchev–Trinajstić information content (AvgIpc) is 2.50. The molecule has 0 amide bonds. The number of hydrogen-bond donors (Lipinski definition) is 1. The Morgan fingerprint density at radius 1 is 1.36 bits per heavy atom. The number of hydrogen-bond acceptors (Lipinski definition) is 5. The number of aryl methyl sites for hydroxylation is 1. The molecule has 0 saturated heterocycles. The van der Waals surface area contributed by atoms with E-state index in [0.29, 0.717) is 21.8 Å². The average molecular weight is 227 g/mol. The Balaban J connectivity index is 2.51. The van der Waals surface area contributed by atoms with Gasteiger partial charge < -0.3 is 5.73 Å². The first-order chi connectivity index (χ1) is 6.65. The van der Waals surface area contributed by atoms with Gasteiger partial charge in [0.1, 0.15) is 10.8 Å². The highest BCUT2D eigenvalue weighted by Crippen LogP contribution is 2.20. The molecule has 4 nitrogen and oxygen atoms in total. The second-order valence-corrected chi connectivity index (χ2v) is 3.98. The van der Waals surface area contributed by atoms with Gasteiger partial charge in [0.05, 0.1) is 0 Å². The minimum atomic E-state index is 0.430. The van der Waals surface area contributed by atoms with Crippen LogP contribution in [0.4, 0.5) is 5.13 Å². The predicted molar refractivity (Wildman–Crippen MR) is 57.3 cm³/mol. The highest BCUT2D eigenvalue weighted by molar-refractivity contribution is 7.09. The first-order valence-corrected chi connectivity index (χ1v) is 5.04. The fourth-order valence-corrected chi connectivity index (χ4v) is 1.78. The van der Waals surface area contributed by atoms with Crippen molar-refractivity contribution in [2.45, 2.75) is 6.92 Å². The fraction of sp³-hybridized carbons (Fsp3) is 0.125. The maximum atomic E-state index is 5.81. The molecule has 0 aliphatic rings. The van der Waals surface area contributed by atoms with Gasteiger partial charge in [-0.2, -0.15) is 9.36 Å². The third-order valence-corrected chi connectivity index (χ3v) is 2.35. The third kappa shape index (κ3) is 1.83. The van der Waals surface area contributed by atoms with E-state index in [1.807, 2.05) is 13.0 Å². The number of halogens is 1. The Morgan fingerprint density at radius 3 is 2.71 bits per heavy atom. The van der Waals surface area contributed by atoms with E-state index in [2.05, 4.69) is 14.3 Å². The summed E-state index contributed by atoms with van der Waals surface area (Å²) in [4.78, 5) is 8.14. The Labute approximate surface area is 89.9 Å². The van der Waals surface area contributed by atoms with Crippen molar-refractivity contribution in [2.75, 3.05) is 5.73 Å². The number of nitrogens with two attached hydrogens (primary N) is 1. The highest BCUT2D eigenvalue weighted by Gasteiger charge is 2.07. The van der Waals surface area contributed by atoms with Crippen LogP contribution >= 0.6 is 23.1 Å². The molecule has 0 fully saturated rings. The fourth-order valence-electron chi connectivity index (χ4n) is 1.08. The molecule has 2 rings (SSSR count).